The molecule has 2 rings (SSSR count). The molecule has 0 saturated heterocycles. The molecule has 0 spiro atoms. The van der Waals surface area contributed by atoms with Gasteiger partial charge in [-0.1, -0.05) is 30.3 Å². The molecule has 0 heterocycles. The average Bonchev–Trinajstić information content (AvgIpc) is 2.32. The topological polar surface area (TPSA) is 37.3 Å². The van der Waals surface area contributed by atoms with Crippen LogP contribution in [-0.4, -0.2) is 17.0 Å². The maximum Gasteiger partial charge on any atom is 0.165 e. The Hall–Kier alpha value is -1.41. The van der Waals surface area contributed by atoms with Gasteiger partial charge >= 0.3 is 0 Å². The van der Waals surface area contributed by atoms with E-state index in [1.165, 1.54) is 0 Å². The lowest BCUT2D eigenvalue weighted by molar-refractivity contribution is -0.119. The zero-order chi connectivity index (χ0) is 12.5. The minimum Gasteiger partial charge on any atom is -0.393 e. The van der Waals surface area contributed by atoms with Gasteiger partial charge in [-0.15, -0.1) is 0 Å². The SMILES string of the molecule is CC(O)CCC1(C)C(=O)C=Cc2ccccc21. The second-order valence-electron chi connectivity index (χ2n) is 5.00. The number of carbonyl (C=O) groups excluding carboxylic acids is 1. The summed E-state index contributed by atoms with van der Waals surface area (Å²) < 4.78 is 0. The summed E-state index contributed by atoms with van der Waals surface area (Å²) in [4.78, 5) is 12.1. The average molecular weight is 230 g/mol. The van der Waals surface area contributed by atoms with Gasteiger partial charge in [0.25, 0.3) is 0 Å². The molecular weight excluding hydrogens is 212 g/mol. The first kappa shape index (κ1) is 12.1. The Labute approximate surface area is 102 Å². The summed E-state index contributed by atoms with van der Waals surface area (Å²) in [5.74, 6) is 0.136. The Balaban J connectivity index is 2.38. The van der Waals surface area contributed by atoms with E-state index in [2.05, 4.69) is 0 Å². The molecular formula is C15H18O2. The molecule has 0 radical (unpaired) electrons. The Kier molecular flexibility index (Phi) is 3.16. The minimum absolute atomic E-state index is 0.136. The van der Waals surface area contributed by atoms with Crippen molar-refractivity contribution in [2.75, 3.05) is 0 Å². The van der Waals surface area contributed by atoms with Gasteiger partial charge in [0, 0.05) is 0 Å². The second-order valence-corrected chi connectivity index (χ2v) is 5.00. The highest BCUT2D eigenvalue weighted by molar-refractivity contribution is 6.04. The molecule has 1 aliphatic carbocycles. The fourth-order valence-electron chi connectivity index (χ4n) is 2.38. The van der Waals surface area contributed by atoms with Gasteiger partial charge in [0.15, 0.2) is 5.78 Å². The third-order valence-electron chi connectivity index (χ3n) is 3.58. The first-order valence-corrected chi connectivity index (χ1v) is 6.04. The summed E-state index contributed by atoms with van der Waals surface area (Å²) >= 11 is 0. The molecule has 2 heteroatoms. The monoisotopic (exact) mass is 230 g/mol. The van der Waals surface area contributed by atoms with Crippen LogP contribution in [0.25, 0.3) is 6.08 Å². The molecule has 0 aromatic heterocycles. The van der Waals surface area contributed by atoms with E-state index in [9.17, 15) is 9.90 Å². The van der Waals surface area contributed by atoms with Crippen LogP contribution in [0.4, 0.5) is 0 Å². The number of hydrogen-bond acceptors (Lipinski definition) is 2. The van der Waals surface area contributed by atoms with Gasteiger partial charge in [-0.05, 0) is 43.9 Å². The number of carbonyl (C=O) groups is 1. The molecule has 0 amide bonds. The number of ketones is 1. The van der Waals surface area contributed by atoms with Gasteiger partial charge in [0.1, 0.15) is 0 Å². The summed E-state index contributed by atoms with van der Waals surface area (Å²) in [5.41, 5.74) is 1.70. The summed E-state index contributed by atoms with van der Waals surface area (Å²) in [6.07, 6.45) is 4.50. The Morgan fingerprint density at radius 1 is 1.29 bits per heavy atom. The van der Waals surface area contributed by atoms with Crippen LogP contribution in [0.3, 0.4) is 0 Å². The highest BCUT2D eigenvalue weighted by Gasteiger charge is 2.36. The van der Waals surface area contributed by atoms with Crippen molar-refractivity contribution in [1.29, 1.82) is 0 Å². The predicted octanol–water partition coefficient (Wildman–Crippen LogP) is 2.70. The molecule has 0 bridgehead atoms. The van der Waals surface area contributed by atoms with Crippen LogP contribution < -0.4 is 0 Å². The number of fused-ring (bicyclic) bond motifs is 1. The van der Waals surface area contributed by atoms with Crippen molar-refractivity contribution in [3.05, 3.63) is 41.5 Å². The van der Waals surface area contributed by atoms with Gasteiger partial charge < -0.3 is 5.11 Å². The van der Waals surface area contributed by atoms with Crippen molar-refractivity contribution in [3.8, 4) is 0 Å². The molecule has 1 aliphatic rings. The summed E-state index contributed by atoms with van der Waals surface area (Å²) in [6, 6.07) is 7.98. The van der Waals surface area contributed by atoms with E-state index >= 15 is 0 Å². The molecule has 1 aromatic carbocycles. The number of hydrogen-bond donors (Lipinski definition) is 1. The molecule has 0 fully saturated rings. The van der Waals surface area contributed by atoms with Crippen molar-refractivity contribution in [2.24, 2.45) is 0 Å². The van der Waals surface area contributed by atoms with E-state index in [1.807, 2.05) is 37.3 Å². The lowest BCUT2D eigenvalue weighted by atomic mass is 9.70. The van der Waals surface area contributed by atoms with Crippen molar-refractivity contribution >= 4 is 11.9 Å². The molecule has 2 unspecified atom stereocenters. The Morgan fingerprint density at radius 2 is 2.00 bits per heavy atom. The van der Waals surface area contributed by atoms with Gasteiger partial charge in [0.05, 0.1) is 11.5 Å². The first-order chi connectivity index (χ1) is 8.04. The van der Waals surface area contributed by atoms with E-state index in [0.717, 1.165) is 11.1 Å². The largest absolute Gasteiger partial charge is 0.393 e. The highest BCUT2D eigenvalue weighted by Crippen LogP contribution is 2.37. The van der Waals surface area contributed by atoms with Gasteiger partial charge in [0.2, 0.25) is 0 Å². The normalized spacial score (nSPS) is 24.5. The maximum atomic E-state index is 12.1. The number of rotatable bonds is 3. The van der Waals surface area contributed by atoms with E-state index in [-0.39, 0.29) is 11.9 Å². The zero-order valence-electron chi connectivity index (χ0n) is 10.3. The van der Waals surface area contributed by atoms with Gasteiger partial charge in [-0.3, -0.25) is 4.79 Å². The van der Waals surface area contributed by atoms with Gasteiger partial charge in [-0.25, -0.2) is 0 Å². The summed E-state index contributed by atoms with van der Waals surface area (Å²) in [7, 11) is 0. The summed E-state index contributed by atoms with van der Waals surface area (Å²) in [6.45, 7) is 3.73. The van der Waals surface area contributed by atoms with Crippen molar-refractivity contribution in [3.63, 3.8) is 0 Å². The third kappa shape index (κ3) is 2.18. The molecule has 0 aliphatic heterocycles. The Bertz CT molecular complexity index is 460. The molecule has 1 N–H and O–H groups in total. The standard InChI is InChI=1S/C15H18O2/c1-11(16)9-10-15(2)13-6-4-3-5-12(13)7-8-14(15)17/h3-8,11,16H,9-10H2,1-2H3. The van der Waals surface area contributed by atoms with Crippen LogP contribution in [0, 0.1) is 0 Å². The van der Waals surface area contributed by atoms with Crippen LogP contribution in [0.1, 0.15) is 37.8 Å². The van der Waals surface area contributed by atoms with E-state index < -0.39 is 5.41 Å². The van der Waals surface area contributed by atoms with Crippen LogP contribution >= 0.6 is 0 Å². The number of allylic oxidation sites excluding steroid dienone is 1. The fourth-order valence-corrected chi connectivity index (χ4v) is 2.38. The van der Waals surface area contributed by atoms with Crippen LogP contribution in [-0.2, 0) is 10.2 Å². The van der Waals surface area contributed by atoms with Crippen LogP contribution in [0.15, 0.2) is 30.3 Å². The van der Waals surface area contributed by atoms with E-state index in [4.69, 9.17) is 0 Å². The molecule has 0 saturated carbocycles. The lowest BCUT2D eigenvalue weighted by Crippen LogP contribution is -2.34. The van der Waals surface area contributed by atoms with Crippen molar-refractivity contribution in [2.45, 2.75) is 38.2 Å². The molecule has 2 nitrogen and oxygen atoms in total. The Morgan fingerprint density at radius 3 is 2.71 bits per heavy atom. The number of aliphatic hydroxyl groups excluding tert-OH is 1. The van der Waals surface area contributed by atoms with Crippen LogP contribution in [0.5, 0.6) is 0 Å². The number of benzene rings is 1. The zero-order valence-corrected chi connectivity index (χ0v) is 10.3. The maximum absolute atomic E-state index is 12.1. The van der Waals surface area contributed by atoms with E-state index in [0.29, 0.717) is 12.8 Å². The molecule has 17 heavy (non-hydrogen) atoms. The van der Waals surface area contributed by atoms with Crippen molar-refractivity contribution < 1.29 is 9.90 Å². The lowest BCUT2D eigenvalue weighted by Gasteiger charge is -2.32. The molecule has 90 valence electrons. The van der Waals surface area contributed by atoms with E-state index in [1.54, 1.807) is 13.0 Å². The third-order valence-corrected chi connectivity index (χ3v) is 3.58. The predicted molar refractivity (Wildman–Crippen MR) is 68.7 cm³/mol. The van der Waals surface area contributed by atoms with Gasteiger partial charge in [-0.2, -0.15) is 0 Å². The quantitative estimate of drug-likeness (QED) is 0.866. The van der Waals surface area contributed by atoms with Crippen molar-refractivity contribution in [1.82, 2.24) is 0 Å². The first-order valence-electron chi connectivity index (χ1n) is 6.04. The summed E-state index contributed by atoms with van der Waals surface area (Å²) in [5, 5.41) is 9.40. The molecule has 2 atom stereocenters. The minimum atomic E-state index is -0.484. The number of aliphatic hydroxyl groups is 1. The second kappa shape index (κ2) is 4.46. The smallest absolute Gasteiger partial charge is 0.165 e. The molecule has 1 aromatic rings. The fraction of sp³-hybridized carbons (Fsp3) is 0.400. The van der Waals surface area contributed by atoms with Crippen LogP contribution in [0.2, 0.25) is 0 Å². The highest BCUT2D eigenvalue weighted by atomic mass is 16.3.